The maximum absolute atomic E-state index is 11.2. The Balaban J connectivity index is 1.94. The molecule has 1 rings (SSSR count). The minimum Gasteiger partial charge on any atom is -0.356 e. The van der Waals surface area contributed by atoms with Gasteiger partial charge in [-0.2, -0.15) is 11.8 Å². The molecular weight excluding hydrogens is 196 g/mol. The first-order chi connectivity index (χ1) is 6.83. The summed E-state index contributed by atoms with van der Waals surface area (Å²) < 4.78 is 0. The van der Waals surface area contributed by atoms with Gasteiger partial charge in [-0.25, -0.2) is 0 Å². The lowest BCUT2D eigenvalue weighted by Gasteiger charge is -2.10. The molecule has 4 heteroatoms. The van der Waals surface area contributed by atoms with Gasteiger partial charge in [0.15, 0.2) is 0 Å². The number of thioether (sulfide) groups is 1. The number of hydrogen-bond acceptors (Lipinski definition) is 3. The summed E-state index contributed by atoms with van der Waals surface area (Å²) in [5.74, 6) is 1.12. The van der Waals surface area contributed by atoms with Crippen molar-refractivity contribution >= 4 is 17.7 Å². The molecule has 1 saturated heterocycles. The van der Waals surface area contributed by atoms with Crippen molar-refractivity contribution in [2.75, 3.05) is 25.1 Å². The van der Waals surface area contributed by atoms with E-state index in [-0.39, 0.29) is 5.91 Å². The third-order valence-corrected chi connectivity index (χ3v) is 3.12. The van der Waals surface area contributed by atoms with E-state index < -0.39 is 0 Å². The van der Waals surface area contributed by atoms with Crippen LogP contribution in [-0.2, 0) is 4.79 Å². The van der Waals surface area contributed by atoms with Crippen LogP contribution in [0.3, 0.4) is 0 Å². The highest BCUT2D eigenvalue weighted by Gasteiger charge is 2.13. The Morgan fingerprint density at radius 1 is 1.64 bits per heavy atom. The summed E-state index contributed by atoms with van der Waals surface area (Å²) >= 11 is 1.72. The first-order valence-corrected chi connectivity index (χ1v) is 6.71. The zero-order chi connectivity index (χ0) is 10.2. The van der Waals surface area contributed by atoms with E-state index in [2.05, 4.69) is 10.6 Å². The Hall–Kier alpha value is -0.220. The summed E-state index contributed by atoms with van der Waals surface area (Å²) in [4.78, 5) is 11.2. The van der Waals surface area contributed by atoms with Gasteiger partial charge in [-0.15, -0.1) is 0 Å². The van der Waals surface area contributed by atoms with Crippen LogP contribution in [0.25, 0.3) is 0 Å². The maximum Gasteiger partial charge on any atom is 0.220 e. The van der Waals surface area contributed by atoms with Crippen molar-refractivity contribution in [3.05, 3.63) is 0 Å². The molecule has 0 saturated carbocycles. The molecule has 14 heavy (non-hydrogen) atoms. The van der Waals surface area contributed by atoms with E-state index in [0.29, 0.717) is 12.5 Å². The van der Waals surface area contributed by atoms with Crippen molar-refractivity contribution in [1.29, 1.82) is 0 Å². The quantitative estimate of drug-likeness (QED) is 0.696. The van der Waals surface area contributed by atoms with Crippen LogP contribution in [0, 0.1) is 0 Å². The molecule has 3 nitrogen and oxygen atoms in total. The third kappa shape index (κ3) is 4.86. The lowest BCUT2D eigenvalue weighted by molar-refractivity contribution is -0.120. The predicted octanol–water partition coefficient (Wildman–Crippen LogP) is 0.998. The number of nitrogens with one attached hydrogen (secondary N) is 2. The summed E-state index contributed by atoms with van der Waals surface area (Å²) in [6.07, 6.45) is 6.30. The molecule has 0 aromatic carbocycles. The molecule has 1 aliphatic rings. The number of amides is 1. The molecule has 0 aromatic heterocycles. The molecule has 1 amide bonds. The molecule has 1 unspecified atom stereocenters. The highest BCUT2D eigenvalue weighted by atomic mass is 32.2. The second-order valence-corrected chi connectivity index (χ2v) is 4.66. The van der Waals surface area contributed by atoms with Gasteiger partial charge < -0.3 is 10.6 Å². The molecule has 1 aliphatic heterocycles. The Kier molecular flexibility index (Phi) is 6.03. The fourth-order valence-electron chi connectivity index (χ4n) is 1.67. The normalized spacial score (nSPS) is 21.1. The highest BCUT2D eigenvalue weighted by Crippen LogP contribution is 2.07. The third-order valence-electron chi connectivity index (χ3n) is 2.51. The highest BCUT2D eigenvalue weighted by molar-refractivity contribution is 7.98. The molecule has 0 bridgehead atoms. The Labute approximate surface area is 90.4 Å². The zero-order valence-corrected chi connectivity index (χ0v) is 9.66. The van der Waals surface area contributed by atoms with Crippen LogP contribution in [0.4, 0.5) is 0 Å². The van der Waals surface area contributed by atoms with Gasteiger partial charge in [-0.3, -0.25) is 4.79 Å². The van der Waals surface area contributed by atoms with Gasteiger partial charge >= 0.3 is 0 Å². The molecule has 0 aromatic rings. The first-order valence-electron chi connectivity index (χ1n) is 5.32. The molecule has 1 atom stereocenters. The van der Waals surface area contributed by atoms with Crippen LogP contribution < -0.4 is 10.6 Å². The largest absolute Gasteiger partial charge is 0.356 e. The molecule has 0 aliphatic carbocycles. The van der Waals surface area contributed by atoms with Crippen molar-refractivity contribution in [2.24, 2.45) is 0 Å². The second-order valence-electron chi connectivity index (χ2n) is 3.67. The predicted molar refractivity (Wildman–Crippen MR) is 61.7 cm³/mol. The molecule has 82 valence electrons. The fraction of sp³-hybridized carbons (Fsp3) is 0.900. The molecule has 0 spiro atoms. The number of hydrogen-bond donors (Lipinski definition) is 2. The topological polar surface area (TPSA) is 41.1 Å². The van der Waals surface area contributed by atoms with Gasteiger partial charge in [0.1, 0.15) is 0 Å². The van der Waals surface area contributed by atoms with Crippen molar-refractivity contribution in [1.82, 2.24) is 10.6 Å². The summed E-state index contributed by atoms with van der Waals surface area (Å²) in [5, 5.41) is 6.37. The van der Waals surface area contributed by atoms with Gasteiger partial charge in [0.2, 0.25) is 5.91 Å². The number of carbonyl (C=O) groups is 1. The van der Waals surface area contributed by atoms with Gasteiger partial charge in [0.25, 0.3) is 0 Å². The van der Waals surface area contributed by atoms with Crippen molar-refractivity contribution in [2.45, 2.75) is 31.7 Å². The molecular formula is C10H20N2OS. The zero-order valence-electron chi connectivity index (χ0n) is 8.84. The van der Waals surface area contributed by atoms with E-state index in [0.717, 1.165) is 25.3 Å². The summed E-state index contributed by atoms with van der Waals surface area (Å²) in [6, 6.07) is 0.635. The summed E-state index contributed by atoms with van der Waals surface area (Å²) in [7, 11) is 0. The van der Waals surface area contributed by atoms with E-state index in [1.807, 2.05) is 6.26 Å². The Morgan fingerprint density at radius 3 is 3.14 bits per heavy atom. The van der Waals surface area contributed by atoms with Crippen LogP contribution in [0.2, 0.25) is 0 Å². The van der Waals surface area contributed by atoms with Crippen LogP contribution in [-0.4, -0.2) is 37.0 Å². The van der Waals surface area contributed by atoms with Gasteiger partial charge in [-0.1, -0.05) is 0 Å². The summed E-state index contributed by atoms with van der Waals surface area (Å²) in [6.45, 7) is 1.97. The molecule has 2 N–H and O–H groups in total. The van der Waals surface area contributed by atoms with E-state index in [1.165, 1.54) is 12.8 Å². The first kappa shape index (κ1) is 11.9. The second kappa shape index (κ2) is 7.12. The minimum absolute atomic E-state index is 0.192. The Morgan fingerprint density at radius 2 is 2.50 bits per heavy atom. The molecule has 1 heterocycles. The van der Waals surface area contributed by atoms with Gasteiger partial charge in [-0.05, 0) is 32.1 Å². The lowest BCUT2D eigenvalue weighted by Crippen LogP contribution is -2.30. The van der Waals surface area contributed by atoms with Crippen LogP contribution in [0.5, 0.6) is 0 Å². The van der Waals surface area contributed by atoms with Gasteiger partial charge in [0, 0.05) is 24.8 Å². The van der Waals surface area contributed by atoms with Crippen LogP contribution in [0.15, 0.2) is 0 Å². The average Bonchev–Trinajstić information content (AvgIpc) is 2.67. The fourth-order valence-corrected chi connectivity index (χ4v) is 2.06. The van der Waals surface area contributed by atoms with Crippen LogP contribution in [0.1, 0.15) is 25.7 Å². The summed E-state index contributed by atoms with van der Waals surface area (Å²) in [5.41, 5.74) is 0. The van der Waals surface area contributed by atoms with E-state index in [9.17, 15) is 4.79 Å². The standard InChI is InChI=1S/C10H20N2OS/c1-14-8-5-10(13)12-7-4-9-3-2-6-11-9/h9,11H,2-8H2,1H3,(H,12,13). The molecule has 0 radical (unpaired) electrons. The monoisotopic (exact) mass is 216 g/mol. The van der Waals surface area contributed by atoms with E-state index in [4.69, 9.17) is 0 Å². The smallest absolute Gasteiger partial charge is 0.220 e. The van der Waals surface area contributed by atoms with Crippen molar-refractivity contribution in [3.8, 4) is 0 Å². The lowest BCUT2D eigenvalue weighted by atomic mass is 10.1. The van der Waals surface area contributed by atoms with E-state index in [1.54, 1.807) is 11.8 Å². The number of carbonyl (C=O) groups excluding carboxylic acids is 1. The Bertz CT molecular complexity index is 170. The van der Waals surface area contributed by atoms with Crippen molar-refractivity contribution < 1.29 is 4.79 Å². The molecule has 1 fully saturated rings. The SMILES string of the molecule is CSCCC(=O)NCCC1CCCN1. The number of rotatable bonds is 6. The average molecular weight is 216 g/mol. The van der Waals surface area contributed by atoms with Gasteiger partial charge in [0.05, 0.1) is 0 Å². The minimum atomic E-state index is 0.192. The maximum atomic E-state index is 11.2. The van der Waals surface area contributed by atoms with E-state index >= 15 is 0 Å². The van der Waals surface area contributed by atoms with Crippen LogP contribution >= 0.6 is 11.8 Å². The van der Waals surface area contributed by atoms with Crippen molar-refractivity contribution in [3.63, 3.8) is 0 Å².